The highest BCUT2D eigenvalue weighted by Gasteiger charge is 2.14. The number of aromatic nitrogens is 1. The average Bonchev–Trinajstić information content (AvgIpc) is 2.71. The highest BCUT2D eigenvalue weighted by atomic mass is 79.9. The molecular weight excluding hydrogens is 367 g/mol. The lowest BCUT2D eigenvalue weighted by Gasteiger charge is -2.07. The summed E-state index contributed by atoms with van der Waals surface area (Å²) in [7, 11) is 0. The first-order chi connectivity index (χ1) is 9.02. The molecule has 102 valence electrons. The van der Waals surface area contributed by atoms with Gasteiger partial charge in [-0.3, -0.25) is 0 Å². The Balaban J connectivity index is 2.33. The Morgan fingerprint density at radius 1 is 1.32 bits per heavy atom. The van der Waals surface area contributed by atoms with Gasteiger partial charge >= 0.3 is 0 Å². The molecule has 1 heterocycles. The van der Waals surface area contributed by atoms with Crippen LogP contribution in [0.5, 0.6) is 0 Å². The number of aryl methyl sites for hydroxylation is 1. The fourth-order valence-electron chi connectivity index (χ4n) is 1.85. The van der Waals surface area contributed by atoms with Crippen LogP contribution in [-0.2, 0) is 12.8 Å². The van der Waals surface area contributed by atoms with Crippen molar-refractivity contribution in [2.45, 2.75) is 26.2 Å². The van der Waals surface area contributed by atoms with E-state index in [1.807, 2.05) is 12.1 Å². The molecule has 0 saturated heterocycles. The predicted molar refractivity (Wildman–Crippen MR) is 87.5 cm³/mol. The minimum absolute atomic E-state index is 0.550. The molecule has 0 fully saturated rings. The maximum Gasteiger partial charge on any atom is 0.180 e. The maximum absolute atomic E-state index is 6.28. The van der Waals surface area contributed by atoms with Gasteiger partial charge < -0.3 is 5.73 Å². The zero-order valence-corrected chi connectivity index (χ0v) is 14.3. The van der Waals surface area contributed by atoms with Gasteiger partial charge in [0.05, 0.1) is 15.7 Å². The second kappa shape index (κ2) is 6.44. The predicted octanol–water partition coefficient (Wildman–Crippen LogP) is 5.34. The Morgan fingerprint density at radius 2 is 2.05 bits per heavy atom. The van der Waals surface area contributed by atoms with E-state index in [-0.39, 0.29) is 0 Å². The Bertz CT molecular complexity index is 599. The standard InChI is InChI=1S/C13H13BrCl2N2S/c1-2-3-9-10(19-13(17)18-9)6-7-4-5-8(14)12(16)11(7)15/h4-5H,2-3,6H2,1H3,(H2,17,18). The number of anilines is 1. The van der Waals surface area contributed by atoms with Crippen molar-refractivity contribution in [1.29, 1.82) is 0 Å². The van der Waals surface area contributed by atoms with E-state index in [1.54, 1.807) is 0 Å². The van der Waals surface area contributed by atoms with E-state index in [1.165, 1.54) is 16.2 Å². The number of benzene rings is 1. The fourth-order valence-corrected chi connectivity index (χ4v) is 3.61. The highest BCUT2D eigenvalue weighted by molar-refractivity contribution is 9.10. The van der Waals surface area contributed by atoms with Crippen LogP contribution in [0.25, 0.3) is 0 Å². The summed E-state index contributed by atoms with van der Waals surface area (Å²) >= 11 is 17.3. The number of halogens is 3. The van der Waals surface area contributed by atoms with E-state index >= 15 is 0 Å². The first-order valence-electron chi connectivity index (χ1n) is 5.89. The van der Waals surface area contributed by atoms with Gasteiger partial charge in [-0.2, -0.15) is 0 Å². The van der Waals surface area contributed by atoms with Crippen molar-refractivity contribution in [3.05, 3.63) is 42.8 Å². The molecule has 0 atom stereocenters. The lowest BCUT2D eigenvalue weighted by molar-refractivity contribution is 0.879. The van der Waals surface area contributed by atoms with Crippen LogP contribution in [0, 0.1) is 0 Å². The second-order valence-electron chi connectivity index (χ2n) is 4.18. The molecule has 0 spiro atoms. The summed E-state index contributed by atoms with van der Waals surface area (Å²) in [4.78, 5) is 5.54. The molecule has 2 N–H and O–H groups in total. The zero-order valence-electron chi connectivity index (χ0n) is 10.3. The molecule has 2 nitrogen and oxygen atoms in total. The van der Waals surface area contributed by atoms with Crippen molar-refractivity contribution in [2.75, 3.05) is 5.73 Å². The Hall–Kier alpha value is -0.290. The lowest BCUT2D eigenvalue weighted by Crippen LogP contribution is -1.94. The minimum atomic E-state index is 0.550. The molecular formula is C13H13BrCl2N2S. The first-order valence-corrected chi connectivity index (χ1v) is 8.25. The van der Waals surface area contributed by atoms with Crippen molar-refractivity contribution in [2.24, 2.45) is 0 Å². The molecule has 2 aromatic rings. The third kappa shape index (κ3) is 3.43. The third-order valence-corrected chi connectivity index (χ3v) is 5.48. The van der Waals surface area contributed by atoms with Crippen molar-refractivity contribution < 1.29 is 0 Å². The number of nitrogen functional groups attached to an aromatic ring is 1. The van der Waals surface area contributed by atoms with Crippen LogP contribution in [0.3, 0.4) is 0 Å². The maximum atomic E-state index is 6.28. The minimum Gasteiger partial charge on any atom is -0.375 e. The molecule has 6 heteroatoms. The summed E-state index contributed by atoms with van der Waals surface area (Å²) in [6, 6.07) is 3.89. The summed E-state index contributed by atoms with van der Waals surface area (Å²) in [5.41, 5.74) is 7.86. The largest absolute Gasteiger partial charge is 0.375 e. The topological polar surface area (TPSA) is 38.9 Å². The van der Waals surface area contributed by atoms with Gasteiger partial charge in [0.25, 0.3) is 0 Å². The molecule has 0 unspecified atom stereocenters. The number of nitrogens with zero attached hydrogens (tertiary/aromatic N) is 1. The van der Waals surface area contributed by atoms with Gasteiger partial charge in [0, 0.05) is 15.8 Å². The number of thiazole rings is 1. The summed E-state index contributed by atoms with van der Waals surface area (Å²) < 4.78 is 0.806. The number of nitrogens with two attached hydrogens (primary N) is 1. The van der Waals surface area contributed by atoms with E-state index in [0.29, 0.717) is 15.2 Å². The molecule has 1 aromatic carbocycles. The van der Waals surface area contributed by atoms with Crippen LogP contribution < -0.4 is 5.73 Å². The molecule has 0 aliphatic carbocycles. The molecule has 0 saturated carbocycles. The Morgan fingerprint density at radius 3 is 2.74 bits per heavy atom. The number of hydrogen-bond donors (Lipinski definition) is 1. The molecule has 0 aliphatic heterocycles. The van der Waals surface area contributed by atoms with Crippen molar-refractivity contribution in [1.82, 2.24) is 4.98 Å². The van der Waals surface area contributed by atoms with Crippen molar-refractivity contribution in [3.63, 3.8) is 0 Å². The molecule has 19 heavy (non-hydrogen) atoms. The summed E-state index contributed by atoms with van der Waals surface area (Å²) in [6.07, 6.45) is 2.70. The highest BCUT2D eigenvalue weighted by Crippen LogP contribution is 2.35. The Kier molecular flexibility index (Phi) is 5.12. The van der Waals surface area contributed by atoms with Gasteiger partial charge in [0.2, 0.25) is 0 Å². The summed E-state index contributed by atoms with van der Waals surface area (Å²) in [6.45, 7) is 2.13. The van der Waals surface area contributed by atoms with E-state index < -0.39 is 0 Å². The van der Waals surface area contributed by atoms with Crippen LogP contribution >= 0.6 is 50.5 Å². The SMILES string of the molecule is CCCc1nc(N)sc1Cc1ccc(Br)c(Cl)c1Cl. The van der Waals surface area contributed by atoms with Crippen molar-refractivity contribution in [3.8, 4) is 0 Å². The summed E-state index contributed by atoms with van der Waals surface area (Å²) in [5.74, 6) is 0. The van der Waals surface area contributed by atoms with Gasteiger partial charge in [-0.15, -0.1) is 11.3 Å². The quantitative estimate of drug-likeness (QED) is 0.728. The van der Waals surface area contributed by atoms with E-state index in [4.69, 9.17) is 28.9 Å². The molecule has 0 aliphatic rings. The molecule has 1 aromatic heterocycles. The average molecular weight is 380 g/mol. The normalized spacial score (nSPS) is 10.9. The number of rotatable bonds is 4. The smallest absolute Gasteiger partial charge is 0.180 e. The van der Waals surface area contributed by atoms with E-state index in [0.717, 1.165) is 35.0 Å². The molecule has 2 rings (SSSR count). The lowest BCUT2D eigenvalue weighted by atomic mass is 10.1. The van der Waals surface area contributed by atoms with Gasteiger partial charge in [-0.05, 0) is 34.0 Å². The van der Waals surface area contributed by atoms with Crippen LogP contribution in [0.15, 0.2) is 16.6 Å². The zero-order chi connectivity index (χ0) is 14.0. The third-order valence-electron chi connectivity index (χ3n) is 2.75. The molecule has 0 bridgehead atoms. The van der Waals surface area contributed by atoms with Gasteiger partial charge in [-0.25, -0.2) is 4.98 Å². The molecule has 0 amide bonds. The molecule has 0 radical (unpaired) electrons. The summed E-state index contributed by atoms with van der Waals surface area (Å²) in [5, 5.41) is 1.75. The van der Waals surface area contributed by atoms with Gasteiger partial charge in [0.15, 0.2) is 5.13 Å². The fraction of sp³-hybridized carbons (Fsp3) is 0.308. The number of hydrogen-bond acceptors (Lipinski definition) is 3. The second-order valence-corrected chi connectivity index (χ2v) is 6.91. The van der Waals surface area contributed by atoms with Crippen LogP contribution in [0.2, 0.25) is 10.0 Å². The van der Waals surface area contributed by atoms with E-state index in [9.17, 15) is 0 Å². The Labute approximate surface area is 135 Å². The van der Waals surface area contributed by atoms with Crippen LogP contribution in [-0.4, -0.2) is 4.98 Å². The van der Waals surface area contributed by atoms with E-state index in [2.05, 4.69) is 27.8 Å². The van der Waals surface area contributed by atoms with Gasteiger partial charge in [0.1, 0.15) is 0 Å². The monoisotopic (exact) mass is 378 g/mol. The van der Waals surface area contributed by atoms with Crippen LogP contribution in [0.1, 0.15) is 29.5 Å². The van der Waals surface area contributed by atoms with Gasteiger partial charge in [-0.1, -0.05) is 42.6 Å². The first kappa shape index (κ1) is 15.1. The van der Waals surface area contributed by atoms with Crippen LogP contribution in [0.4, 0.5) is 5.13 Å². The van der Waals surface area contributed by atoms with Crippen molar-refractivity contribution >= 4 is 55.6 Å².